The first kappa shape index (κ1) is 20.0. The zero-order chi connectivity index (χ0) is 19.8. The Morgan fingerprint density at radius 3 is 2.54 bits per heavy atom. The van der Waals surface area contributed by atoms with Crippen LogP contribution in [0.1, 0.15) is 34.8 Å². The van der Waals surface area contributed by atoms with Gasteiger partial charge in [-0.1, -0.05) is 66.2 Å². The van der Waals surface area contributed by atoms with E-state index in [1.165, 1.54) is 5.56 Å². The molecular formula is C24H24ClNO2. The lowest BCUT2D eigenvalue weighted by molar-refractivity contribution is 0.0938. The van der Waals surface area contributed by atoms with Gasteiger partial charge in [-0.2, -0.15) is 0 Å². The molecule has 3 nitrogen and oxygen atoms in total. The maximum Gasteiger partial charge on any atom is 0.251 e. The van der Waals surface area contributed by atoms with Gasteiger partial charge >= 0.3 is 0 Å². The van der Waals surface area contributed by atoms with Crippen molar-refractivity contribution in [3.8, 4) is 5.75 Å². The summed E-state index contributed by atoms with van der Waals surface area (Å²) >= 11 is 6.16. The van der Waals surface area contributed by atoms with Crippen molar-refractivity contribution in [3.63, 3.8) is 0 Å². The Hall–Kier alpha value is -2.78. The molecule has 3 rings (SSSR count). The minimum atomic E-state index is -0.0937. The van der Waals surface area contributed by atoms with Crippen LogP contribution in [0.4, 0.5) is 0 Å². The Balaban J connectivity index is 1.53. The SMILES string of the molecule is C[C@H](CCc1ccccc1)NC(=O)c1cccc(OCc2ccccc2Cl)c1. The van der Waals surface area contributed by atoms with E-state index in [2.05, 4.69) is 17.4 Å². The minimum Gasteiger partial charge on any atom is -0.489 e. The zero-order valence-electron chi connectivity index (χ0n) is 15.9. The van der Waals surface area contributed by atoms with E-state index in [4.69, 9.17) is 16.3 Å². The number of halogens is 1. The summed E-state index contributed by atoms with van der Waals surface area (Å²) in [4.78, 5) is 12.6. The summed E-state index contributed by atoms with van der Waals surface area (Å²) in [6, 6.07) is 25.2. The van der Waals surface area contributed by atoms with Crippen LogP contribution < -0.4 is 10.1 Å². The fraction of sp³-hybridized carbons (Fsp3) is 0.208. The number of amides is 1. The van der Waals surface area contributed by atoms with Crippen LogP contribution in [0.3, 0.4) is 0 Å². The second kappa shape index (κ2) is 9.95. The highest BCUT2D eigenvalue weighted by Crippen LogP contribution is 2.19. The van der Waals surface area contributed by atoms with E-state index in [1.54, 1.807) is 12.1 Å². The van der Waals surface area contributed by atoms with E-state index < -0.39 is 0 Å². The highest BCUT2D eigenvalue weighted by Gasteiger charge is 2.11. The summed E-state index contributed by atoms with van der Waals surface area (Å²) in [6.07, 6.45) is 1.82. The highest BCUT2D eigenvalue weighted by molar-refractivity contribution is 6.31. The molecule has 0 saturated heterocycles. The molecule has 0 spiro atoms. The Morgan fingerprint density at radius 1 is 1.00 bits per heavy atom. The molecule has 0 aromatic heterocycles. The Kier molecular flexibility index (Phi) is 7.10. The quantitative estimate of drug-likeness (QED) is 0.535. The predicted octanol–water partition coefficient (Wildman–Crippen LogP) is 5.67. The third-order valence-corrected chi connectivity index (χ3v) is 4.90. The van der Waals surface area contributed by atoms with Crippen LogP contribution in [0, 0.1) is 0 Å². The summed E-state index contributed by atoms with van der Waals surface area (Å²) in [5, 5.41) is 3.73. The van der Waals surface area contributed by atoms with Crippen LogP contribution in [0.2, 0.25) is 5.02 Å². The summed E-state index contributed by atoms with van der Waals surface area (Å²) in [6.45, 7) is 2.39. The molecule has 0 bridgehead atoms. The third kappa shape index (κ3) is 5.86. The maximum absolute atomic E-state index is 12.6. The van der Waals surface area contributed by atoms with Crippen LogP contribution in [0.5, 0.6) is 5.75 Å². The van der Waals surface area contributed by atoms with Crippen LogP contribution >= 0.6 is 11.6 Å². The largest absolute Gasteiger partial charge is 0.489 e. The molecule has 0 aliphatic heterocycles. The summed E-state index contributed by atoms with van der Waals surface area (Å²) in [7, 11) is 0. The molecule has 144 valence electrons. The number of carbonyl (C=O) groups excluding carboxylic acids is 1. The first-order chi connectivity index (χ1) is 13.6. The van der Waals surface area contributed by atoms with Gasteiger partial charge in [-0.3, -0.25) is 4.79 Å². The first-order valence-corrected chi connectivity index (χ1v) is 9.80. The van der Waals surface area contributed by atoms with Crippen molar-refractivity contribution in [1.82, 2.24) is 5.32 Å². The van der Waals surface area contributed by atoms with Crippen LogP contribution in [-0.2, 0) is 13.0 Å². The average Bonchev–Trinajstić information content (AvgIpc) is 2.72. The molecule has 1 atom stereocenters. The zero-order valence-corrected chi connectivity index (χ0v) is 16.7. The van der Waals surface area contributed by atoms with Gasteiger partial charge in [-0.15, -0.1) is 0 Å². The van der Waals surface area contributed by atoms with Crippen LogP contribution in [0.15, 0.2) is 78.9 Å². The van der Waals surface area contributed by atoms with Gasteiger partial charge < -0.3 is 10.1 Å². The molecular weight excluding hydrogens is 370 g/mol. The lowest BCUT2D eigenvalue weighted by Crippen LogP contribution is -2.32. The molecule has 4 heteroatoms. The Bertz CT molecular complexity index is 911. The number of hydrogen-bond acceptors (Lipinski definition) is 2. The van der Waals surface area contributed by atoms with Crippen molar-refractivity contribution < 1.29 is 9.53 Å². The number of hydrogen-bond donors (Lipinski definition) is 1. The monoisotopic (exact) mass is 393 g/mol. The molecule has 28 heavy (non-hydrogen) atoms. The maximum atomic E-state index is 12.6. The van der Waals surface area contributed by atoms with Gasteiger partial charge in [-0.05, 0) is 49.6 Å². The molecule has 3 aromatic rings. The molecule has 1 amide bonds. The lowest BCUT2D eigenvalue weighted by Gasteiger charge is -2.15. The molecule has 0 radical (unpaired) electrons. The van der Waals surface area contributed by atoms with Gasteiger partial charge in [0, 0.05) is 22.2 Å². The molecule has 1 N–H and O–H groups in total. The summed E-state index contributed by atoms with van der Waals surface area (Å²) in [5.41, 5.74) is 2.77. The summed E-state index contributed by atoms with van der Waals surface area (Å²) < 4.78 is 5.81. The number of ether oxygens (including phenoxy) is 1. The van der Waals surface area contributed by atoms with Crippen molar-refractivity contribution in [3.05, 3.63) is 101 Å². The highest BCUT2D eigenvalue weighted by atomic mass is 35.5. The topological polar surface area (TPSA) is 38.3 Å². The summed E-state index contributed by atoms with van der Waals surface area (Å²) in [5.74, 6) is 0.549. The normalized spacial score (nSPS) is 11.6. The van der Waals surface area contributed by atoms with Gasteiger partial charge in [0.25, 0.3) is 5.91 Å². The van der Waals surface area contributed by atoms with Crippen molar-refractivity contribution in [1.29, 1.82) is 0 Å². The van der Waals surface area contributed by atoms with Gasteiger partial charge in [0.05, 0.1) is 0 Å². The predicted molar refractivity (Wildman–Crippen MR) is 114 cm³/mol. The van der Waals surface area contributed by atoms with E-state index in [-0.39, 0.29) is 11.9 Å². The van der Waals surface area contributed by atoms with Gasteiger partial charge in [0.1, 0.15) is 12.4 Å². The van der Waals surface area contributed by atoms with Gasteiger partial charge in [0.15, 0.2) is 0 Å². The average molecular weight is 394 g/mol. The second-order valence-electron chi connectivity index (χ2n) is 6.81. The van der Waals surface area contributed by atoms with E-state index in [1.807, 2.05) is 61.5 Å². The number of aryl methyl sites for hydroxylation is 1. The Labute approximate surface area is 171 Å². The van der Waals surface area contributed by atoms with Crippen molar-refractivity contribution in [2.24, 2.45) is 0 Å². The molecule has 3 aromatic carbocycles. The smallest absolute Gasteiger partial charge is 0.251 e. The number of benzene rings is 3. The number of nitrogens with one attached hydrogen (secondary N) is 1. The van der Waals surface area contributed by atoms with E-state index in [0.717, 1.165) is 18.4 Å². The molecule has 0 heterocycles. The Morgan fingerprint density at radius 2 is 1.75 bits per heavy atom. The lowest BCUT2D eigenvalue weighted by atomic mass is 10.1. The molecule has 0 saturated carbocycles. The van der Waals surface area contributed by atoms with E-state index in [0.29, 0.717) is 22.9 Å². The molecule has 0 fully saturated rings. The number of rotatable bonds is 8. The van der Waals surface area contributed by atoms with Crippen LogP contribution in [0.25, 0.3) is 0 Å². The van der Waals surface area contributed by atoms with Crippen molar-refractivity contribution >= 4 is 17.5 Å². The minimum absolute atomic E-state index is 0.0837. The van der Waals surface area contributed by atoms with Gasteiger partial charge in [0.2, 0.25) is 0 Å². The van der Waals surface area contributed by atoms with Crippen molar-refractivity contribution in [2.45, 2.75) is 32.4 Å². The fourth-order valence-corrected chi connectivity index (χ4v) is 3.10. The van der Waals surface area contributed by atoms with E-state index in [9.17, 15) is 4.79 Å². The standard InChI is InChI=1S/C24H24ClNO2/c1-18(14-15-19-8-3-2-4-9-19)26-24(27)20-11-7-12-22(16-20)28-17-21-10-5-6-13-23(21)25/h2-13,16,18H,14-15,17H2,1H3,(H,26,27)/t18-/m1/s1. The second-order valence-corrected chi connectivity index (χ2v) is 7.21. The fourth-order valence-electron chi connectivity index (χ4n) is 2.91. The number of carbonyl (C=O) groups is 1. The third-order valence-electron chi connectivity index (χ3n) is 4.53. The molecule has 0 unspecified atom stereocenters. The molecule has 0 aliphatic carbocycles. The van der Waals surface area contributed by atoms with Gasteiger partial charge in [-0.25, -0.2) is 0 Å². The molecule has 0 aliphatic rings. The first-order valence-electron chi connectivity index (χ1n) is 9.43. The van der Waals surface area contributed by atoms with Crippen LogP contribution in [-0.4, -0.2) is 11.9 Å². The van der Waals surface area contributed by atoms with E-state index >= 15 is 0 Å². The van der Waals surface area contributed by atoms with Crippen molar-refractivity contribution in [2.75, 3.05) is 0 Å².